The molecule has 1 rings (SSSR count). The van der Waals surface area contributed by atoms with Gasteiger partial charge in [0.25, 0.3) is 0 Å². The monoisotopic (exact) mass is 266 g/mol. The lowest BCUT2D eigenvalue weighted by atomic mass is 10.4. The van der Waals surface area contributed by atoms with Crippen LogP contribution in [0, 0.1) is 0 Å². The first-order valence-electron chi connectivity index (χ1n) is 3.77. The van der Waals surface area contributed by atoms with Gasteiger partial charge in [-0.1, -0.05) is 0 Å². The maximum Gasteiger partial charge on any atom is 0.179 e. The standard InChI is InChI=1S/C7H11BrN2O2S/c1-5(2)10-7(8)6(4-9-10)13(3,11)12/h4-5H,1-3H3. The minimum absolute atomic E-state index is 0.143. The van der Waals surface area contributed by atoms with E-state index in [2.05, 4.69) is 21.0 Å². The second-order valence-corrected chi connectivity index (χ2v) is 5.85. The zero-order chi connectivity index (χ0) is 10.2. The van der Waals surface area contributed by atoms with Crippen LogP contribution in [0.15, 0.2) is 15.7 Å². The number of sulfone groups is 1. The fraction of sp³-hybridized carbons (Fsp3) is 0.571. The number of hydrogen-bond acceptors (Lipinski definition) is 3. The van der Waals surface area contributed by atoms with Crippen LogP contribution in [0.3, 0.4) is 0 Å². The predicted molar refractivity (Wildman–Crippen MR) is 53.4 cm³/mol. The van der Waals surface area contributed by atoms with Gasteiger partial charge in [0.1, 0.15) is 9.50 Å². The highest BCUT2D eigenvalue weighted by Gasteiger charge is 2.17. The maximum atomic E-state index is 11.2. The average molecular weight is 267 g/mol. The van der Waals surface area contributed by atoms with Crippen molar-refractivity contribution in [2.75, 3.05) is 6.26 Å². The molecule has 0 radical (unpaired) electrons. The summed E-state index contributed by atoms with van der Waals surface area (Å²) in [5, 5.41) is 3.97. The summed E-state index contributed by atoms with van der Waals surface area (Å²) in [6, 6.07) is 0.143. The Bertz CT molecular complexity index is 408. The molecular weight excluding hydrogens is 256 g/mol. The van der Waals surface area contributed by atoms with Crippen LogP contribution in [0.4, 0.5) is 0 Å². The molecule has 13 heavy (non-hydrogen) atoms. The van der Waals surface area contributed by atoms with Gasteiger partial charge in [0.2, 0.25) is 0 Å². The molecule has 0 bridgehead atoms. The molecule has 0 fully saturated rings. The molecule has 0 N–H and O–H groups in total. The molecule has 0 aliphatic carbocycles. The van der Waals surface area contributed by atoms with Crippen LogP contribution in [0.1, 0.15) is 19.9 Å². The summed E-state index contributed by atoms with van der Waals surface area (Å²) in [4.78, 5) is 0.237. The lowest BCUT2D eigenvalue weighted by Gasteiger charge is -2.06. The number of aromatic nitrogens is 2. The Morgan fingerprint density at radius 2 is 2.08 bits per heavy atom. The van der Waals surface area contributed by atoms with E-state index in [1.807, 2.05) is 13.8 Å². The molecule has 4 nitrogen and oxygen atoms in total. The third kappa shape index (κ3) is 2.11. The highest BCUT2D eigenvalue weighted by atomic mass is 79.9. The van der Waals surface area contributed by atoms with Crippen molar-refractivity contribution in [2.24, 2.45) is 0 Å². The minimum Gasteiger partial charge on any atom is -0.255 e. The maximum absolute atomic E-state index is 11.2. The number of hydrogen-bond donors (Lipinski definition) is 0. The Kier molecular flexibility index (Phi) is 2.82. The quantitative estimate of drug-likeness (QED) is 0.818. The van der Waals surface area contributed by atoms with Gasteiger partial charge in [-0.2, -0.15) is 5.10 Å². The Hall–Kier alpha value is -0.360. The molecule has 0 unspecified atom stereocenters. The smallest absolute Gasteiger partial charge is 0.179 e. The van der Waals surface area contributed by atoms with Gasteiger partial charge in [0.05, 0.1) is 6.20 Å². The summed E-state index contributed by atoms with van der Waals surface area (Å²) >= 11 is 3.21. The summed E-state index contributed by atoms with van der Waals surface area (Å²) < 4.78 is 24.6. The van der Waals surface area contributed by atoms with Crippen molar-refractivity contribution < 1.29 is 8.42 Å². The first kappa shape index (κ1) is 10.7. The molecule has 1 aromatic heterocycles. The zero-order valence-corrected chi connectivity index (χ0v) is 10.1. The largest absolute Gasteiger partial charge is 0.255 e. The summed E-state index contributed by atoms with van der Waals surface area (Å²) in [6.07, 6.45) is 2.53. The van der Waals surface area contributed by atoms with E-state index in [4.69, 9.17) is 0 Å². The second-order valence-electron chi connectivity index (χ2n) is 3.11. The summed E-state index contributed by atoms with van der Waals surface area (Å²) in [6.45, 7) is 3.87. The topological polar surface area (TPSA) is 52.0 Å². The average Bonchev–Trinajstić information content (AvgIpc) is 2.28. The van der Waals surface area contributed by atoms with Gasteiger partial charge in [-0.15, -0.1) is 0 Å². The van der Waals surface area contributed by atoms with E-state index in [1.54, 1.807) is 4.68 Å². The van der Waals surface area contributed by atoms with Crippen molar-refractivity contribution in [1.29, 1.82) is 0 Å². The molecule has 0 atom stereocenters. The molecule has 0 amide bonds. The molecule has 0 saturated carbocycles. The number of rotatable bonds is 2. The molecule has 0 aromatic carbocycles. The molecule has 6 heteroatoms. The van der Waals surface area contributed by atoms with Gasteiger partial charge in [-0.05, 0) is 29.8 Å². The van der Waals surface area contributed by atoms with Crippen LogP contribution in [0.2, 0.25) is 0 Å². The molecule has 1 heterocycles. The molecule has 1 aromatic rings. The Labute approximate surface area is 86.0 Å². The molecule has 0 aliphatic heterocycles. The van der Waals surface area contributed by atoms with Crippen LogP contribution in [0.25, 0.3) is 0 Å². The van der Waals surface area contributed by atoms with E-state index in [0.29, 0.717) is 4.60 Å². The van der Waals surface area contributed by atoms with Crippen LogP contribution < -0.4 is 0 Å². The van der Waals surface area contributed by atoms with Crippen molar-refractivity contribution in [2.45, 2.75) is 24.8 Å². The molecule has 0 spiro atoms. The van der Waals surface area contributed by atoms with Crippen molar-refractivity contribution in [1.82, 2.24) is 9.78 Å². The van der Waals surface area contributed by atoms with Gasteiger partial charge < -0.3 is 0 Å². The molecule has 0 saturated heterocycles. The predicted octanol–water partition coefficient (Wildman–Crippen LogP) is 1.63. The Morgan fingerprint density at radius 3 is 2.31 bits per heavy atom. The van der Waals surface area contributed by atoms with Gasteiger partial charge in [0.15, 0.2) is 9.84 Å². The van der Waals surface area contributed by atoms with E-state index in [9.17, 15) is 8.42 Å². The van der Waals surface area contributed by atoms with E-state index in [1.165, 1.54) is 12.5 Å². The van der Waals surface area contributed by atoms with Crippen molar-refractivity contribution in [3.63, 3.8) is 0 Å². The minimum atomic E-state index is -3.18. The van der Waals surface area contributed by atoms with Crippen molar-refractivity contribution >= 4 is 25.8 Å². The Balaban J connectivity index is 3.30. The first-order valence-corrected chi connectivity index (χ1v) is 6.45. The third-order valence-electron chi connectivity index (χ3n) is 1.59. The molecule has 0 aliphatic rings. The number of nitrogens with zero attached hydrogens (tertiary/aromatic N) is 2. The number of halogens is 1. The van der Waals surface area contributed by atoms with Crippen molar-refractivity contribution in [3.8, 4) is 0 Å². The normalized spacial score (nSPS) is 12.4. The second kappa shape index (κ2) is 3.42. The van der Waals surface area contributed by atoms with Gasteiger partial charge in [-0.25, -0.2) is 8.42 Å². The van der Waals surface area contributed by atoms with E-state index < -0.39 is 9.84 Å². The SMILES string of the molecule is CC(C)n1ncc(S(C)(=O)=O)c1Br. The van der Waals surface area contributed by atoms with E-state index in [-0.39, 0.29) is 10.9 Å². The van der Waals surface area contributed by atoms with Crippen LogP contribution in [-0.2, 0) is 9.84 Å². The third-order valence-corrected chi connectivity index (χ3v) is 3.74. The highest BCUT2D eigenvalue weighted by Crippen LogP contribution is 2.23. The van der Waals surface area contributed by atoms with Crippen molar-refractivity contribution in [3.05, 3.63) is 10.8 Å². The summed E-state index contributed by atoms with van der Waals surface area (Å²) in [5.74, 6) is 0. The zero-order valence-electron chi connectivity index (χ0n) is 7.65. The van der Waals surface area contributed by atoms with Crippen LogP contribution >= 0.6 is 15.9 Å². The molecular formula is C7H11BrN2O2S. The lowest BCUT2D eigenvalue weighted by Crippen LogP contribution is -2.04. The lowest BCUT2D eigenvalue weighted by molar-refractivity contribution is 0.520. The van der Waals surface area contributed by atoms with E-state index in [0.717, 1.165) is 0 Å². The highest BCUT2D eigenvalue weighted by molar-refractivity contribution is 9.10. The fourth-order valence-electron chi connectivity index (χ4n) is 0.940. The summed E-state index contributed by atoms with van der Waals surface area (Å²) in [5.41, 5.74) is 0. The van der Waals surface area contributed by atoms with Gasteiger partial charge >= 0.3 is 0 Å². The Morgan fingerprint density at radius 1 is 1.54 bits per heavy atom. The van der Waals surface area contributed by atoms with Gasteiger partial charge in [0, 0.05) is 12.3 Å². The first-order chi connectivity index (χ1) is 5.84. The van der Waals surface area contributed by atoms with Gasteiger partial charge in [-0.3, -0.25) is 4.68 Å². The van der Waals surface area contributed by atoms with E-state index >= 15 is 0 Å². The van der Waals surface area contributed by atoms with Crippen LogP contribution in [-0.4, -0.2) is 24.5 Å². The van der Waals surface area contributed by atoms with Crippen LogP contribution in [0.5, 0.6) is 0 Å². The molecule has 74 valence electrons. The fourth-order valence-corrected chi connectivity index (χ4v) is 3.06. The summed E-state index contributed by atoms with van der Waals surface area (Å²) in [7, 11) is -3.18.